The summed E-state index contributed by atoms with van der Waals surface area (Å²) in [5, 5.41) is 3.06. The third-order valence-electron chi connectivity index (χ3n) is 10.3. The highest BCUT2D eigenvalue weighted by molar-refractivity contribution is 6.19. The van der Waals surface area contributed by atoms with Gasteiger partial charge in [0.25, 0.3) is 0 Å². The number of fused-ring (bicyclic) bond motifs is 5. The van der Waals surface area contributed by atoms with Crippen molar-refractivity contribution in [1.82, 2.24) is 4.98 Å². The van der Waals surface area contributed by atoms with Crippen LogP contribution in [-0.4, -0.2) is 4.98 Å². The van der Waals surface area contributed by atoms with E-state index in [1.165, 1.54) is 5.56 Å². The standard InChI is InChI=1S/C51H35N3O/c1-5-16-36(17-6-1)37-27-29-41(30-28-37)53(39-20-9-3-10-21-39)49-48(34-32-44-43-31-33-46-45(25-15-35-52-46)50(43)55-51(44)49)54(40-22-11-4-12-23-40)47-26-14-13-24-42(47)38-18-7-2-8-19-38/h1-35H. The fraction of sp³-hybridized carbons (Fsp3) is 0. The number of hydrogen-bond acceptors (Lipinski definition) is 4. The molecule has 2 heterocycles. The highest BCUT2D eigenvalue weighted by Gasteiger charge is 2.28. The van der Waals surface area contributed by atoms with E-state index in [9.17, 15) is 0 Å². The van der Waals surface area contributed by atoms with Crippen LogP contribution in [-0.2, 0) is 0 Å². The Balaban J connectivity index is 1.31. The monoisotopic (exact) mass is 705 g/mol. The number of aromatic nitrogens is 1. The van der Waals surface area contributed by atoms with Gasteiger partial charge in [0, 0.05) is 45.0 Å². The Labute approximate surface area is 319 Å². The molecule has 0 radical (unpaired) electrons. The average Bonchev–Trinajstić information content (AvgIpc) is 3.66. The van der Waals surface area contributed by atoms with Crippen LogP contribution in [0, 0.1) is 0 Å². The molecule has 0 N–H and O–H groups in total. The lowest BCUT2D eigenvalue weighted by Gasteiger charge is -2.34. The maximum Gasteiger partial charge on any atom is 0.161 e. The van der Waals surface area contributed by atoms with Crippen LogP contribution in [0.3, 0.4) is 0 Å². The van der Waals surface area contributed by atoms with E-state index in [2.05, 4.69) is 215 Å². The van der Waals surface area contributed by atoms with Crippen molar-refractivity contribution in [3.05, 3.63) is 212 Å². The predicted octanol–water partition coefficient (Wildman–Crippen LogP) is 14.4. The molecule has 260 valence electrons. The molecule has 0 amide bonds. The van der Waals surface area contributed by atoms with Crippen molar-refractivity contribution >= 4 is 67.0 Å². The van der Waals surface area contributed by atoms with Gasteiger partial charge in [-0.25, -0.2) is 0 Å². The topological polar surface area (TPSA) is 32.5 Å². The molecule has 4 heteroatoms. The van der Waals surface area contributed by atoms with Gasteiger partial charge in [-0.05, 0) is 95.6 Å². The Morgan fingerprint density at radius 2 is 0.891 bits per heavy atom. The van der Waals surface area contributed by atoms with Crippen molar-refractivity contribution in [2.24, 2.45) is 0 Å². The molecular formula is C51H35N3O. The number of benzene rings is 8. The summed E-state index contributed by atoms with van der Waals surface area (Å²) in [7, 11) is 0. The van der Waals surface area contributed by atoms with Gasteiger partial charge in [0.1, 0.15) is 11.3 Å². The summed E-state index contributed by atoms with van der Waals surface area (Å²) >= 11 is 0. The molecule has 0 saturated heterocycles. The van der Waals surface area contributed by atoms with Crippen molar-refractivity contribution < 1.29 is 4.42 Å². The van der Waals surface area contributed by atoms with E-state index >= 15 is 0 Å². The second kappa shape index (κ2) is 13.8. The number of anilines is 6. The number of para-hydroxylation sites is 3. The SMILES string of the molecule is c1ccc(-c2ccc(N(c3ccccc3)c3c(N(c4ccccc4)c4ccccc4-c4ccccc4)ccc4c3oc3c5cccnc5ccc43)cc2)cc1. The summed E-state index contributed by atoms with van der Waals surface area (Å²) in [6, 6.07) is 72.6. The summed E-state index contributed by atoms with van der Waals surface area (Å²) in [5.41, 5.74) is 13.1. The fourth-order valence-electron chi connectivity index (χ4n) is 7.76. The van der Waals surface area contributed by atoms with Gasteiger partial charge in [-0.2, -0.15) is 0 Å². The Hall–Kier alpha value is -7.43. The van der Waals surface area contributed by atoms with Crippen molar-refractivity contribution in [1.29, 1.82) is 0 Å². The number of nitrogens with zero attached hydrogens (tertiary/aromatic N) is 3. The van der Waals surface area contributed by atoms with Gasteiger partial charge in [-0.15, -0.1) is 0 Å². The zero-order valence-corrected chi connectivity index (χ0v) is 30.0. The van der Waals surface area contributed by atoms with Crippen LogP contribution in [0.25, 0.3) is 55.1 Å². The highest BCUT2D eigenvalue weighted by atomic mass is 16.3. The van der Waals surface area contributed by atoms with Crippen LogP contribution in [0.5, 0.6) is 0 Å². The minimum atomic E-state index is 0.790. The van der Waals surface area contributed by atoms with E-state index in [1.54, 1.807) is 0 Å². The van der Waals surface area contributed by atoms with Crippen molar-refractivity contribution in [2.75, 3.05) is 9.80 Å². The second-order valence-corrected chi connectivity index (χ2v) is 13.6. The molecule has 2 aromatic heterocycles. The fourth-order valence-corrected chi connectivity index (χ4v) is 7.76. The lowest BCUT2D eigenvalue weighted by molar-refractivity contribution is 0.673. The maximum atomic E-state index is 7.18. The molecule has 8 aromatic carbocycles. The van der Waals surface area contributed by atoms with Crippen molar-refractivity contribution in [3.8, 4) is 22.3 Å². The maximum absolute atomic E-state index is 7.18. The molecule has 0 unspecified atom stereocenters. The zero-order chi connectivity index (χ0) is 36.6. The van der Waals surface area contributed by atoms with Gasteiger partial charge < -0.3 is 14.2 Å². The summed E-state index contributed by atoms with van der Waals surface area (Å²) < 4.78 is 7.18. The Kier molecular flexibility index (Phi) is 8.12. The molecule has 10 aromatic rings. The summed E-state index contributed by atoms with van der Waals surface area (Å²) in [6.45, 7) is 0. The molecule has 55 heavy (non-hydrogen) atoms. The quantitative estimate of drug-likeness (QED) is 0.158. The Bertz CT molecular complexity index is 2910. The van der Waals surface area contributed by atoms with Gasteiger partial charge in [0.05, 0.1) is 16.9 Å². The molecule has 0 aliphatic heterocycles. The predicted molar refractivity (Wildman–Crippen MR) is 229 cm³/mol. The molecule has 0 atom stereocenters. The lowest BCUT2D eigenvalue weighted by Crippen LogP contribution is -2.17. The first-order valence-corrected chi connectivity index (χ1v) is 18.5. The number of furan rings is 1. The highest BCUT2D eigenvalue weighted by Crippen LogP contribution is 2.52. The average molecular weight is 706 g/mol. The van der Waals surface area contributed by atoms with E-state index in [4.69, 9.17) is 4.42 Å². The number of pyridine rings is 1. The Morgan fingerprint density at radius 1 is 0.345 bits per heavy atom. The molecule has 4 nitrogen and oxygen atoms in total. The van der Waals surface area contributed by atoms with Gasteiger partial charge >= 0.3 is 0 Å². The van der Waals surface area contributed by atoms with Crippen LogP contribution in [0.2, 0.25) is 0 Å². The van der Waals surface area contributed by atoms with Crippen LogP contribution >= 0.6 is 0 Å². The molecule has 0 spiro atoms. The zero-order valence-electron chi connectivity index (χ0n) is 30.0. The van der Waals surface area contributed by atoms with Crippen LogP contribution in [0.4, 0.5) is 34.1 Å². The summed E-state index contributed by atoms with van der Waals surface area (Å²) in [4.78, 5) is 9.39. The van der Waals surface area contributed by atoms with Gasteiger partial charge in [-0.1, -0.05) is 127 Å². The van der Waals surface area contributed by atoms with Gasteiger partial charge in [0.15, 0.2) is 5.58 Å². The molecule has 0 saturated carbocycles. The number of hydrogen-bond donors (Lipinski definition) is 0. The third kappa shape index (κ3) is 5.77. The first kappa shape index (κ1) is 32.2. The molecule has 0 aliphatic carbocycles. The van der Waals surface area contributed by atoms with Crippen molar-refractivity contribution in [3.63, 3.8) is 0 Å². The molecule has 0 aliphatic rings. The minimum absolute atomic E-state index is 0.790. The first-order chi connectivity index (χ1) is 27.3. The molecular weight excluding hydrogens is 671 g/mol. The second-order valence-electron chi connectivity index (χ2n) is 13.6. The molecule has 0 fully saturated rings. The van der Waals surface area contributed by atoms with Crippen LogP contribution < -0.4 is 9.80 Å². The van der Waals surface area contributed by atoms with E-state index < -0.39 is 0 Å². The van der Waals surface area contributed by atoms with Crippen molar-refractivity contribution in [2.45, 2.75) is 0 Å². The lowest BCUT2D eigenvalue weighted by atomic mass is 10.0. The van der Waals surface area contributed by atoms with E-state index in [0.29, 0.717) is 0 Å². The smallest absolute Gasteiger partial charge is 0.161 e. The summed E-state index contributed by atoms with van der Waals surface area (Å²) in [5.74, 6) is 0. The van der Waals surface area contributed by atoms with E-state index in [1.807, 2.05) is 12.3 Å². The van der Waals surface area contributed by atoms with E-state index in [-0.39, 0.29) is 0 Å². The van der Waals surface area contributed by atoms with Gasteiger partial charge in [-0.3, -0.25) is 4.98 Å². The molecule has 10 rings (SSSR count). The van der Waals surface area contributed by atoms with Gasteiger partial charge in [0.2, 0.25) is 0 Å². The largest absolute Gasteiger partial charge is 0.453 e. The molecule has 0 bridgehead atoms. The van der Waals surface area contributed by atoms with Crippen LogP contribution in [0.15, 0.2) is 217 Å². The summed E-state index contributed by atoms with van der Waals surface area (Å²) in [6.07, 6.45) is 1.83. The Morgan fingerprint density at radius 3 is 1.60 bits per heavy atom. The van der Waals surface area contributed by atoms with E-state index in [0.717, 1.165) is 83.7 Å². The normalized spacial score (nSPS) is 11.3. The number of rotatable bonds is 8. The minimum Gasteiger partial charge on any atom is -0.453 e. The third-order valence-corrected chi connectivity index (χ3v) is 10.3. The first-order valence-electron chi connectivity index (χ1n) is 18.5. The van der Waals surface area contributed by atoms with Crippen LogP contribution in [0.1, 0.15) is 0 Å².